The third-order valence-corrected chi connectivity index (χ3v) is 5.78. The predicted molar refractivity (Wildman–Crippen MR) is 84.2 cm³/mol. The first kappa shape index (κ1) is 16.3. The molecular weight excluding hydrogens is 310 g/mol. The van der Waals surface area contributed by atoms with Crippen LogP contribution in [0.2, 0.25) is 5.02 Å². The van der Waals surface area contributed by atoms with Gasteiger partial charge in [0.15, 0.2) is 9.84 Å². The first-order valence-corrected chi connectivity index (χ1v) is 9.25. The smallest absolute Gasteiger partial charge is 0.228 e. The normalized spacial score (nSPS) is 22.2. The first-order valence-electron chi connectivity index (χ1n) is 7.05. The standard InChI is InChI=1S/C15H20ClNO3S/c1-10(2)14(11-3-5-12(16)6-4-11)15(18)17-13-7-8-21(19,20)9-13/h3-6,10,13-14H,7-9H2,1-2H3,(H,17,18)/t13-,14+/m0/s1. The van der Waals surface area contributed by atoms with Gasteiger partial charge < -0.3 is 5.32 Å². The number of benzene rings is 1. The molecule has 4 nitrogen and oxygen atoms in total. The lowest BCUT2D eigenvalue weighted by Gasteiger charge is -2.23. The van der Waals surface area contributed by atoms with Crippen molar-refractivity contribution in [3.63, 3.8) is 0 Å². The highest BCUT2D eigenvalue weighted by Crippen LogP contribution is 2.26. The summed E-state index contributed by atoms with van der Waals surface area (Å²) < 4.78 is 22.9. The van der Waals surface area contributed by atoms with E-state index >= 15 is 0 Å². The van der Waals surface area contributed by atoms with Crippen molar-refractivity contribution in [3.8, 4) is 0 Å². The van der Waals surface area contributed by atoms with Crippen molar-refractivity contribution >= 4 is 27.3 Å². The molecule has 1 heterocycles. The number of halogens is 1. The van der Waals surface area contributed by atoms with E-state index in [1.165, 1.54) is 0 Å². The van der Waals surface area contributed by atoms with Gasteiger partial charge in [-0.05, 0) is 30.0 Å². The topological polar surface area (TPSA) is 63.2 Å². The molecule has 0 unspecified atom stereocenters. The quantitative estimate of drug-likeness (QED) is 0.922. The van der Waals surface area contributed by atoms with Crippen LogP contribution in [0.3, 0.4) is 0 Å². The highest BCUT2D eigenvalue weighted by Gasteiger charge is 2.32. The molecule has 1 aliphatic rings. The summed E-state index contributed by atoms with van der Waals surface area (Å²) in [5.41, 5.74) is 0.896. The molecule has 0 bridgehead atoms. The molecule has 116 valence electrons. The van der Waals surface area contributed by atoms with Gasteiger partial charge in [-0.15, -0.1) is 0 Å². The molecule has 2 rings (SSSR count). The maximum Gasteiger partial charge on any atom is 0.228 e. The van der Waals surface area contributed by atoms with Gasteiger partial charge in [0.2, 0.25) is 5.91 Å². The monoisotopic (exact) mass is 329 g/mol. The van der Waals surface area contributed by atoms with Crippen molar-refractivity contribution in [2.45, 2.75) is 32.2 Å². The summed E-state index contributed by atoms with van der Waals surface area (Å²) in [6, 6.07) is 6.95. The molecule has 1 aliphatic heterocycles. The molecular formula is C15H20ClNO3S. The molecule has 1 N–H and O–H groups in total. The summed E-state index contributed by atoms with van der Waals surface area (Å²) in [6.45, 7) is 3.95. The van der Waals surface area contributed by atoms with Crippen molar-refractivity contribution in [3.05, 3.63) is 34.9 Å². The summed E-state index contributed by atoms with van der Waals surface area (Å²) in [7, 11) is -2.99. The number of amides is 1. The fraction of sp³-hybridized carbons (Fsp3) is 0.533. The van der Waals surface area contributed by atoms with E-state index in [2.05, 4.69) is 5.32 Å². The Balaban J connectivity index is 2.11. The highest BCUT2D eigenvalue weighted by molar-refractivity contribution is 7.91. The van der Waals surface area contributed by atoms with Gasteiger partial charge in [-0.2, -0.15) is 0 Å². The van der Waals surface area contributed by atoms with Gasteiger partial charge in [0.1, 0.15) is 0 Å². The fourth-order valence-electron chi connectivity index (χ4n) is 2.71. The number of rotatable bonds is 4. The van der Waals surface area contributed by atoms with E-state index in [0.717, 1.165) is 5.56 Å². The van der Waals surface area contributed by atoms with E-state index in [9.17, 15) is 13.2 Å². The number of sulfone groups is 1. The summed E-state index contributed by atoms with van der Waals surface area (Å²) >= 11 is 5.88. The lowest BCUT2D eigenvalue weighted by molar-refractivity contribution is -0.124. The Morgan fingerprint density at radius 1 is 1.29 bits per heavy atom. The lowest BCUT2D eigenvalue weighted by Crippen LogP contribution is -2.40. The van der Waals surface area contributed by atoms with Gasteiger partial charge in [0, 0.05) is 11.1 Å². The molecule has 1 fully saturated rings. The first-order chi connectivity index (χ1) is 9.78. The molecule has 1 aromatic rings. The van der Waals surface area contributed by atoms with Crippen LogP contribution in [0.25, 0.3) is 0 Å². The minimum Gasteiger partial charge on any atom is -0.352 e. The third kappa shape index (κ3) is 4.20. The zero-order valence-corrected chi connectivity index (χ0v) is 13.7. The van der Waals surface area contributed by atoms with Crippen molar-refractivity contribution < 1.29 is 13.2 Å². The molecule has 6 heteroatoms. The van der Waals surface area contributed by atoms with Gasteiger partial charge >= 0.3 is 0 Å². The number of hydrogen-bond acceptors (Lipinski definition) is 3. The van der Waals surface area contributed by atoms with Crippen molar-refractivity contribution in [1.82, 2.24) is 5.32 Å². The van der Waals surface area contributed by atoms with Crippen LogP contribution in [0.4, 0.5) is 0 Å². The second kappa shape index (κ2) is 6.36. The van der Waals surface area contributed by atoms with Crippen molar-refractivity contribution in [2.24, 2.45) is 5.92 Å². The Morgan fingerprint density at radius 3 is 2.38 bits per heavy atom. The van der Waals surface area contributed by atoms with Crippen molar-refractivity contribution in [2.75, 3.05) is 11.5 Å². The maximum absolute atomic E-state index is 12.5. The molecule has 21 heavy (non-hydrogen) atoms. The van der Waals surface area contributed by atoms with E-state index in [4.69, 9.17) is 11.6 Å². The summed E-state index contributed by atoms with van der Waals surface area (Å²) in [5.74, 6) is -0.0979. The zero-order valence-electron chi connectivity index (χ0n) is 12.2. The minimum atomic E-state index is -2.99. The van der Waals surface area contributed by atoms with Gasteiger partial charge in [-0.3, -0.25) is 4.79 Å². The Hall–Kier alpha value is -1.07. The van der Waals surface area contributed by atoms with Gasteiger partial charge in [-0.1, -0.05) is 37.6 Å². The summed E-state index contributed by atoms with van der Waals surface area (Å²) in [5, 5.41) is 3.51. The van der Waals surface area contributed by atoms with Crippen molar-refractivity contribution in [1.29, 1.82) is 0 Å². The van der Waals surface area contributed by atoms with Crippen LogP contribution in [0.1, 0.15) is 31.7 Å². The van der Waals surface area contributed by atoms with Gasteiger partial charge in [0.25, 0.3) is 0 Å². The average molecular weight is 330 g/mol. The molecule has 1 amide bonds. The molecule has 2 atom stereocenters. The SMILES string of the molecule is CC(C)[C@@H](C(=O)N[C@H]1CCS(=O)(=O)C1)c1ccc(Cl)cc1. The minimum absolute atomic E-state index is 0.0458. The fourth-order valence-corrected chi connectivity index (χ4v) is 4.51. The van der Waals surface area contributed by atoms with Gasteiger partial charge in [0.05, 0.1) is 17.4 Å². The summed E-state index contributed by atoms with van der Waals surface area (Å²) in [6.07, 6.45) is 0.500. The summed E-state index contributed by atoms with van der Waals surface area (Å²) in [4.78, 5) is 12.5. The lowest BCUT2D eigenvalue weighted by atomic mass is 9.87. The van der Waals surface area contributed by atoms with E-state index in [-0.39, 0.29) is 35.3 Å². The van der Waals surface area contributed by atoms with Crippen LogP contribution in [0, 0.1) is 5.92 Å². The molecule has 1 saturated heterocycles. The van der Waals surface area contributed by atoms with Crippen LogP contribution in [0.5, 0.6) is 0 Å². The molecule has 1 aromatic carbocycles. The number of nitrogens with one attached hydrogen (secondary N) is 1. The van der Waals surface area contributed by atoms with E-state index in [1.807, 2.05) is 26.0 Å². The van der Waals surface area contributed by atoms with Crippen LogP contribution in [0.15, 0.2) is 24.3 Å². The van der Waals surface area contributed by atoms with E-state index in [1.54, 1.807) is 12.1 Å². The van der Waals surface area contributed by atoms with E-state index < -0.39 is 9.84 Å². The third-order valence-electron chi connectivity index (χ3n) is 3.76. The molecule has 0 radical (unpaired) electrons. The number of carbonyl (C=O) groups excluding carboxylic acids is 1. The Kier molecular flexibility index (Phi) is 4.94. The Bertz CT molecular complexity index is 610. The van der Waals surface area contributed by atoms with Crippen LogP contribution < -0.4 is 5.32 Å². The van der Waals surface area contributed by atoms with Crippen LogP contribution in [-0.2, 0) is 14.6 Å². The largest absolute Gasteiger partial charge is 0.352 e. The number of carbonyl (C=O) groups is 1. The van der Waals surface area contributed by atoms with Gasteiger partial charge in [-0.25, -0.2) is 8.42 Å². The van der Waals surface area contributed by atoms with Crippen LogP contribution in [-0.4, -0.2) is 31.9 Å². The zero-order chi connectivity index (χ0) is 15.6. The van der Waals surface area contributed by atoms with E-state index in [0.29, 0.717) is 11.4 Å². The molecule has 0 aromatic heterocycles. The predicted octanol–water partition coefficient (Wildman–Crippen LogP) is 2.38. The second-order valence-corrected chi connectivity index (χ2v) is 8.55. The van der Waals surface area contributed by atoms with Crippen LogP contribution >= 0.6 is 11.6 Å². The molecule has 0 spiro atoms. The Morgan fingerprint density at radius 2 is 1.90 bits per heavy atom. The second-order valence-electron chi connectivity index (χ2n) is 5.88. The molecule has 0 saturated carbocycles. The Labute approximate surface area is 130 Å². The maximum atomic E-state index is 12.5. The average Bonchev–Trinajstić information content (AvgIpc) is 2.71. The highest BCUT2D eigenvalue weighted by atomic mass is 35.5. The molecule has 0 aliphatic carbocycles. The number of hydrogen-bond donors (Lipinski definition) is 1.